The molecule has 1 aromatic rings. The van der Waals surface area contributed by atoms with Gasteiger partial charge < -0.3 is 4.74 Å². The van der Waals surface area contributed by atoms with E-state index in [2.05, 4.69) is 16.9 Å². The molecule has 0 fully saturated rings. The summed E-state index contributed by atoms with van der Waals surface area (Å²) in [5.41, 5.74) is 7.15. The largest absolute Gasteiger partial charge is 0.443 e. The SMILES string of the molecule is Cc1cccc(CNNC(=O)OC(C)(C)C)c1. The van der Waals surface area contributed by atoms with E-state index < -0.39 is 11.7 Å². The van der Waals surface area contributed by atoms with Crippen LogP contribution in [0.5, 0.6) is 0 Å². The molecule has 1 rings (SSSR count). The maximum Gasteiger partial charge on any atom is 0.422 e. The predicted molar refractivity (Wildman–Crippen MR) is 67.4 cm³/mol. The second-order valence-electron chi connectivity index (χ2n) is 4.97. The smallest absolute Gasteiger partial charge is 0.422 e. The van der Waals surface area contributed by atoms with Gasteiger partial charge in [-0.25, -0.2) is 10.2 Å². The zero-order valence-corrected chi connectivity index (χ0v) is 10.8. The van der Waals surface area contributed by atoms with Crippen molar-refractivity contribution in [1.82, 2.24) is 10.9 Å². The Morgan fingerprint density at radius 2 is 2.06 bits per heavy atom. The summed E-state index contributed by atoms with van der Waals surface area (Å²) in [6.07, 6.45) is -0.467. The van der Waals surface area contributed by atoms with E-state index in [1.807, 2.05) is 45.9 Å². The molecule has 94 valence electrons. The minimum Gasteiger partial charge on any atom is -0.443 e. The molecule has 0 aromatic heterocycles. The zero-order chi connectivity index (χ0) is 12.9. The van der Waals surface area contributed by atoms with E-state index in [4.69, 9.17) is 4.74 Å². The molecule has 1 aromatic carbocycles. The fraction of sp³-hybridized carbons (Fsp3) is 0.462. The number of hydrogen-bond acceptors (Lipinski definition) is 3. The third-order valence-electron chi connectivity index (χ3n) is 1.96. The van der Waals surface area contributed by atoms with Gasteiger partial charge in [-0.15, -0.1) is 0 Å². The third kappa shape index (κ3) is 5.92. The Kier molecular flexibility index (Phi) is 4.52. The molecular weight excluding hydrogens is 216 g/mol. The first-order valence-electron chi connectivity index (χ1n) is 5.64. The van der Waals surface area contributed by atoms with Crippen LogP contribution < -0.4 is 10.9 Å². The van der Waals surface area contributed by atoms with Crippen LogP contribution in [-0.2, 0) is 11.3 Å². The minimum absolute atomic E-state index is 0.467. The number of amides is 1. The Morgan fingerprint density at radius 1 is 1.35 bits per heavy atom. The van der Waals surface area contributed by atoms with E-state index in [1.54, 1.807) is 0 Å². The molecule has 0 heterocycles. The molecule has 0 bridgehead atoms. The van der Waals surface area contributed by atoms with Gasteiger partial charge in [-0.2, -0.15) is 0 Å². The lowest BCUT2D eigenvalue weighted by molar-refractivity contribution is 0.0497. The van der Waals surface area contributed by atoms with Gasteiger partial charge in [-0.05, 0) is 33.3 Å². The first-order chi connectivity index (χ1) is 7.87. The number of aryl methyl sites for hydroxylation is 1. The molecule has 0 aliphatic carbocycles. The van der Waals surface area contributed by atoms with E-state index in [1.165, 1.54) is 5.56 Å². The summed E-state index contributed by atoms with van der Waals surface area (Å²) >= 11 is 0. The summed E-state index contributed by atoms with van der Waals surface area (Å²) in [4.78, 5) is 11.3. The van der Waals surface area contributed by atoms with Gasteiger partial charge in [-0.3, -0.25) is 5.43 Å². The van der Waals surface area contributed by atoms with Gasteiger partial charge in [0.25, 0.3) is 0 Å². The first kappa shape index (κ1) is 13.5. The van der Waals surface area contributed by atoms with Crippen LogP contribution in [0.3, 0.4) is 0 Å². The molecule has 0 aliphatic heterocycles. The van der Waals surface area contributed by atoms with Crippen molar-refractivity contribution in [3.8, 4) is 0 Å². The predicted octanol–water partition coefficient (Wildman–Crippen LogP) is 2.52. The quantitative estimate of drug-likeness (QED) is 0.793. The molecule has 0 aliphatic rings. The second-order valence-corrected chi connectivity index (χ2v) is 4.97. The van der Waals surface area contributed by atoms with Crippen LogP contribution in [0.15, 0.2) is 24.3 Å². The summed E-state index contributed by atoms with van der Waals surface area (Å²) in [5.74, 6) is 0. The van der Waals surface area contributed by atoms with Crippen molar-refractivity contribution in [2.24, 2.45) is 0 Å². The van der Waals surface area contributed by atoms with Crippen LogP contribution in [-0.4, -0.2) is 11.7 Å². The highest BCUT2D eigenvalue weighted by molar-refractivity contribution is 5.66. The Hall–Kier alpha value is -1.55. The number of rotatable bonds is 3. The van der Waals surface area contributed by atoms with E-state index in [0.717, 1.165) is 5.56 Å². The van der Waals surface area contributed by atoms with Crippen molar-refractivity contribution in [2.45, 2.75) is 39.8 Å². The summed E-state index contributed by atoms with van der Waals surface area (Å²) < 4.78 is 5.09. The normalized spacial score (nSPS) is 11.1. The molecule has 4 heteroatoms. The van der Waals surface area contributed by atoms with Crippen LogP contribution in [0.25, 0.3) is 0 Å². The Bertz CT molecular complexity index is 383. The first-order valence-corrected chi connectivity index (χ1v) is 5.64. The van der Waals surface area contributed by atoms with Crippen LogP contribution in [0.2, 0.25) is 0 Å². The molecule has 0 unspecified atom stereocenters. The standard InChI is InChI=1S/C13H20N2O2/c1-10-6-5-7-11(8-10)9-14-15-12(16)17-13(2,3)4/h5-8,14H,9H2,1-4H3,(H,15,16). The van der Waals surface area contributed by atoms with Gasteiger partial charge in [0.05, 0.1) is 0 Å². The zero-order valence-electron chi connectivity index (χ0n) is 10.8. The van der Waals surface area contributed by atoms with Crippen LogP contribution in [0.4, 0.5) is 4.79 Å². The van der Waals surface area contributed by atoms with Gasteiger partial charge in [-0.1, -0.05) is 29.8 Å². The maximum atomic E-state index is 11.3. The molecule has 0 radical (unpaired) electrons. The number of carbonyl (C=O) groups is 1. The van der Waals surface area contributed by atoms with Crippen molar-refractivity contribution in [2.75, 3.05) is 0 Å². The highest BCUT2D eigenvalue weighted by Crippen LogP contribution is 2.06. The van der Waals surface area contributed by atoms with Gasteiger partial charge in [0.15, 0.2) is 0 Å². The Labute approximate surface area is 102 Å². The monoisotopic (exact) mass is 236 g/mol. The third-order valence-corrected chi connectivity index (χ3v) is 1.96. The molecule has 2 N–H and O–H groups in total. The van der Waals surface area contributed by atoms with Gasteiger partial charge >= 0.3 is 6.09 Å². The summed E-state index contributed by atoms with van der Waals surface area (Å²) in [7, 11) is 0. The van der Waals surface area contributed by atoms with E-state index in [-0.39, 0.29) is 0 Å². The Balaban J connectivity index is 2.31. The summed E-state index contributed by atoms with van der Waals surface area (Å²) in [5, 5.41) is 0. The number of ether oxygens (including phenoxy) is 1. The van der Waals surface area contributed by atoms with E-state index in [0.29, 0.717) is 6.54 Å². The fourth-order valence-corrected chi connectivity index (χ4v) is 1.34. The maximum absolute atomic E-state index is 11.3. The van der Waals surface area contributed by atoms with Crippen molar-refractivity contribution < 1.29 is 9.53 Å². The van der Waals surface area contributed by atoms with Crippen molar-refractivity contribution in [3.63, 3.8) is 0 Å². The summed E-state index contributed by atoms with van der Waals surface area (Å²) in [6.45, 7) is 8.08. The average Bonchev–Trinajstić information content (AvgIpc) is 2.14. The molecule has 0 atom stereocenters. The Morgan fingerprint density at radius 3 is 2.65 bits per heavy atom. The molecular formula is C13H20N2O2. The molecule has 4 nitrogen and oxygen atoms in total. The number of hydrogen-bond donors (Lipinski definition) is 2. The molecule has 0 saturated heterocycles. The molecule has 0 spiro atoms. The lowest BCUT2D eigenvalue weighted by atomic mass is 10.1. The average molecular weight is 236 g/mol. The van der Waals surface area contributed by atoms with Crippen LogP contribution >= 0.6 is 0 Å². The number of nitrogens with one attached hydrogen (secondary N) is 2. The van der Waals surface area contributed by atoms with E-state index >= 15 is 0 Å². The lowest BCUT2D eigenvalue weighted by Gasteiger charge is -2.19. The lowest BCUT2D eigenvalue weighted by Crippen LogP contribution is -2.40. The van der Waals surface area contributed by atoms with Gasteiger partial charge in [0, 0.05) is 6.54 Å². The highest BCUT2D eigenvalue weighted by atomic mass is 16.6. The van der Waals surface area contributed by atoms with Crippen LogP contribution in [0, 0.1) is 6.92 Å². The van der Waals surface area contributed by atoms with Crippen LogP contribution in [0.1, 0.15) is 31.9 Å². The van der Waals surface area contributed by atoms with Crippen molar-refractivity contribution >= 4 is 6.09 Å². The summed E-state index contributed by atoms with van der Waals surface area (Å²) in [6, 6.07) is 8.07. The topological polar surface area (TPSA) is 50.4 Å². The number of hydrazine groups is 1. The highest BCUT2D eigenvalue weighted by Gasteiger charge is 2.15. The number of carbonyl (C=O) groups excluding carboxylic acids is 1. The van der Waals surface area contributed by atoms with Gasteiger partial charge in [0.1, 0.15) is 5.60 Å². The van der Waals surface area contributed by atoms with E-state index in [9.17, 15) is 4.79 Å². The molecule has 1 amide bonds. The second kappa shape index (κ2) is 5.68. The molecule has 0 saturated carbocycles. The molecule has 17 heavy (non-hydrogen) atoms. The fourth-order valence-electron chi connectivity index (χ4n) is 1.34. The minimum atomic E-state index is -0.477. The number of benzene rings is 1. The van der Waals surface area contributed by atoms with Crippen molar-refractivity contribution in [1.29, 1.82) is 0 Å². The van der Waals surface area contributed by atoms with Gasteiger partial charge in [0.2, 0.25) is 0 Å². The van der Waals surface area contributed by atoms with Crippen molar-refractivity contribution in [3.05, 3.63) is 35.4 Å².